The summed E-state index contributed by atoms with van der Waals surface area (Å²) >= 11 is 0. The number of ether oxygens (including phenoxy) is 1. The molecule has 0 bridgehead atoms. The highest BCUT2D eigenvalue weighted by Gasteiger charge is 2.38. The van der Waals surface area contributed by atoms with Crippen LogP contribution in [-0.4, -0.2) is 36.4 Å². The minimum Gasteiger partial charge on any atom is -0.497 e. The van der Waals surface area contributed by atoms with Gasteiger partial charge in [-0.2, -0.15) is 0 Å². The van der Waals surface area contributed by atoms with E-state index in [9.17, 15) is 9.59 Å². The molecule has 0 saturated carbocycles. The number of aryl methyl sites for hydroxylation is 1. The van der Waals surface area contributed by atoms with E-state index in [-0.39, 0.29) is 18.2 Å². The van der Waals surface area contributed by atoms with Crippen molar-refractivity contribution >= 4 is 17.5 Å². The second-order valence-corrected chi connectivity index (χ2v) is 6.43. The predicted molar refractivity (Wildman–Crippen MR) is 101 cm³/mol. The molecule has 0 aliphatic carbocycles. The standard InChI is InChI=1S/C21H24N2O3/c1-3-15-4-8-17(9-5-15)22-19-14-20(24)23(21(19)25)13-12-16-6-10-18(26-2)11-7-16/h4-11,19,22H,3,12-14H2,1-2H3/t19-/m0/s1. The second-order valence-electron chi connectivity index (χ2n) is 6.43. The molecule has 0 unspecified atom stereocenters. The van der Waals surface area contributed by atoms with E-state index in [4.69, 9.17) is 4.74 Å². The van der Waals surface area contributed by atoms with E-state index in [0.29, 0.717) is 13.0 Å². The molecule has 136 valence electrons. The number of likely N-dealkylation sites (tertiary alicyclic amines) is 1. The molecule has 1 aliphatic heterocycles. The number of hydrogen-bond acceptors (Lipinski definition) is 4. The summed E-state index contributed by atoms with van der Waals surface area (Å²) in [6.07, 6.45) is 1.82. The van der Waals surface area contributed by atoms with Gasteiger partial charge >= 0.3 is 0 Å². The van der Waals surface area contributed by atoms with Crippen LogP contribution in [0.15, 0.2) is 48.5 Å². The average Bonchev–Trinajstić information content (AvgIpc) is 2.94. The van der Waals surface area contributed by atoms with Crippen molar-refractivity contribution in [2.45, 2.75) is 32.2 Å². The molecule has 26 heavy (non-hydrogen) atoms. The maximum atomic E-state index is 12.6. The number of nitrogens with zero attached hydrogens (tertiary/aromatic N) is 1. The first kappa shape index (κ1) is 18.0. The fourth-order valence-electron chi connectivity index (χ4n) is 3.10. The largest absolute Gasteiger partial charge is 0.497 e. The summed E-state index contributed by atoms with van der Waals surface area (Å²) in [5, 5.41) is 3.19. The van der Waals surface area contributed by atoms with E-state index in [1.54, 1.807) is 7.11 Å². The van der Waals surface area contributed by atoms with Crippen LogP contribution in [0.3, 0.4) is 0 Å². The lowest BCUT2D eigenvalue weighted by Gasteiger charge is -2.16. The molecule has 5 heteroatoms. The molecule has 0 aromatic heterocycles. The molecule has 1 aliphatic rings. The average molecular weight is 352 g/mol. The van der Waals surface area contributed by atoms with Crippen molar-refractivity contribution in [3.05, 3.63) is 59.7 Å². The van der Waals surface area contributed by atoms with Gasteiger partial charge in [-0.05, 0) is 48.2 Å². The summed E-state index contributed by atoms with van der Waals surface area (Å²) in [6.45, 7) is 2.50. The van der Waals surface area contributed by atoms with E-state index in [1.165, 1.54) is 10.5 Å². The molecule has 2 aromatic rings. The number of carbonyl (C=O) groups is 2. The van der Waals surface area contributed by atoms with Gasteiger partial charge in [0.1, 0.15) is 11.8 Å². The monoisotopic (exact) mass is 352 g/mol. The molecule has 1 fully saturated rings. The summed E-state index contributed by atoms with van der Waals surface area (Å²) in [4.78, 5) is 26.2. The maximum Gasteiger partial charge on any atom is 0.252 e. The Labute approximate surface area is 154 Å². The SMILES string of the molecule is CCc1ccc(N[C@H]2CC(=O)N(CCc3ccc(OC)cc3)C2=O)cc1. The molecule has 1 atom stereocenters. The van der Waals surface area contributed by atoms with Gasteiger partial charge < -0.3 is 10.1 Å². The topological polar surface area (TPSA) is 58.6 Å². The van der Waals surface area contributed by atoms with Crippen LogP contribution in [0, 0.1) is 0 Å². The van der Waals surface area contributed by atoms with E-state index in [0.717, 1.165) is 23.4 Å². The second kappa shape index (κ2) is 8.04. The fourth-order valence-corrected chi connectivity index (χ4v) is 3.10. The van der Waals surface area contributed by atoms with Crippen molar-refractivity contribution in [2.24, 2.45) is 0 Å². The fraction of sp³-hybridized carbons (Fsp3) is 0.333. The van der Waals surface area contributed by atoms with Gasteiger partial charge in [0, 0.05) is 12.2 Å². The summed E-state index contributed by atoms with van der Waals surface area (Å²) in [5.41, 5.74) is 3.17. The van der Waals surface area contributed by atoms with Crippen LogP contribution in [-0.2, 0) is 22.4 Å². The third kappa shape index (κ3) is 4.04. The Morgan fingerprint density at radius 3 is 2.31 bits per heavy atom. The summed E-state index contributed by atoms with van der Waals surface area (Å²) in [5.74, 6) is 0.523. The highest BCUT2D eigenvalue weighted by molar-refractivity contribution is 6.06. The Kier molecular flexibility index (Phi) is 5.56. The van der Waals surface area contributed by atoms with Gasteiger partial charge in [0.15, 0.2) is 0 Å². The van der Waals surface area contributed by atoms with Gasteiger partial charge in [-0.1, -0.05) is 31.2 Å². The van der Waals surface area contributed by atoms with Gasteiger partial charge in [-0.15, -0.1) is 0 Å². The zero-order chi connectivity index (χ0) is 18.5. The van der Waals surface area contributed by atoms with Crippen molar-refractivity contribution < 1.29 is 14.3 Å². The zero-order valence-electron chi connectivity index (χ0n) is 15.2. The Morgan fingerprint density at radius 1 is 1.04 bits per heavy atom. The van der Waals surface area contributed by atoms with E-state index in [1.807, 2.05) is 48.5 Å². The summed E-state index contributed by atoms with van der Waals surface area (Å²) in [7, 11) is 1.62. The number of methoxy groups -OCH3 is 1. The number of nitrogens with one attached hydrogen (secondary N) is 1. The Hall–Kier alpha value is -2.82. The van der Waals surface area contributed by atoms with E-state index >= 15 is 0 Å². The third-order valence-electron chi connectivity index (χ3n) is 4.73. The number of anilines is 1. The van der Waals surface area contributed by atoms with Crippen molar-refractivity contribution in [3.63, 3.8) is 0 Å². The first-order chi connectivity index (χ1) is 12.6. The van der Waals surface area contributed by atoms with Crippen LogP contribution in [0.25, 0.3) is 0 Å². The molecule has 1 N–H and O–H groups in total. The molecular formula is C21H24N2O3. The Balaban J connectivity index is 1.58. The highest BCUT2D eigenvalue weighted by Crippen LogP contribution is 2.20. The maximum absolute atomic E-state index is 12.6. The van der Waals surface area contributed by atoms with Gasteiger partial charge in [-0.25, -0.2) is 0 Å². The van der Waals surface area contributed by atoms with Crippen molar-refractivity contribution in [1.82, 2.24) is 4.90 Å². The number of amides is 2. The van der Waals surface area contributed by atoms with Crippen molar-refractivity contribution in [1.29, 1.82) is 0 Å². The van der Waals surface area contributed by atoms with Crippen LogP contribution in [0.2, 0.25) is 0 Å². The van der Waals surface area contributed by atoms with Gasteiger partial charge in [0.2, 0.25) is 5.91 Å². The highest BCUT2D eigenvalue weighted by atomic mass is 16.5. The van der Waals surface area contributed by atoms with Crippen LogP contribution >= 0.6 is 0 Å². The van der Waals surface area contributed by atoms with E-state index in [2.05, 4.69) is 12.2 Å². The van der Waals surface area contributed by atoms with Gasteiger partial charge in [0.05, 0.1) is 13.5 Å². The molecule has 5 nitrogen and oxygen atoms in total. The molecule has 0 spiro atoms. The Bertz CT molecular complexity index is 769. The number of rotatable bonds is 7. The molecule has 2 aromatic carbocycles. The lowest BCUT2D eigenvalue weighted by Crippen LogP contribution is -2.36. The number of hydrogen-bond donors (Lipinski definition) is 1. The van der Waals surface area contributed by atoms with Gasteiger partial charge in [-0.3, -0.25) is 14.5 Å². The molecule has 3 rings (SSSR count). The number of benzene rings is 2. The minimum atomic E-state index is -0.481. The van der Waals surface area contributed by atoms with Crippen LogP contribution in [0.1, 0.15) is 24.5 Å². The normalized spacial score (nSPS) is 16.8. The van der Waals surface area contributed by atoms with Crippen LogP contribution < -0.4 is 10.1 Å². The van der Waals surface area contributed by atoms with E-state index < -0.39 is 6.04 Å². The lowest BCUT2D eigenvalue weighted by atomic mass is 10.1. The number of imide groups is 1. The molecule has 1 heterocycles. The molecular weight excluding hydrogens is 328 g/mol. The van der Waals surface area contributed by atoms with Crippen LogP contribution in [0.5, 0.6) is 5.75 Å². The van der Waals surface area contributed by atoms with Crippen molar-refractivity contribution in [3.8, 4) is 5.75 Å². The summed E-state index contributed by atoms with van der Waals surface area (Å²) in [6, 6.07) is 15.2. The zero-order valence-corrected chi connectivity index (χ0v) is 15.2. The van der Waals surface area contributed by atoms with Crippen molar-refractivity contribution in [2.75, 3.05) is 19.0 Å². The first-order valence-electron chi connectivity index (χ1n) is 8.93. The number of carbonyl (C=O) groups excluding carboxylic acids is 2. The lowest BCUT2D eigenvalue weighted by molar-refractivity contribution is -0.138. The molecule has 2 amide bonds. The van der Waals surface area contributed by atoms with Gasteiger partial charge in [0.25, 0.3) is 5.91 Å². The quantitative estimate of drug-likeness (QED) is 0.778. The third-order valence-corrected chi connectivity index (χ3v) is 4.73. The Morgan fingerprint density at radius 2 is 1.69 bits per heavy atom. The first-order valence-corrected chi connectivity index (χ1v) is 8.93. The summed E-state index contributed by atoms with van der Waals surface area (Å²) < 4.78 is 5.14. The minimum absolute atomic E-state index is 0.119. The smallest absolute Gasteiger partial charge is 0.252 e. The molecule has 0 radical (unpaired) electrons. The predicted octanol–water partition coefficient (Wildman–Crippen LogP) is 3.04. The van der Waals surface area contributed by atoms with Crippen LogP contribution in [0.4, 0.5) is 5.69 Å². The molecule has 1 saturated heterocycles.